The van der Waals surface area contributed by atoms with Crippen molar-refractivity contribution in [1.29, 1.82) is 0 Å². The summed E-state index contributed by atoms with van der Waals surface area (Å²) in [5.74, 6) is -0.382. The van der Waals surface area contributed by atoms with Crippen LogP contribution in [0.25, 0.3) is 0 Å². The van der Waals surface area contributed by atoms with Gasteiger partial charge in [0.2, 0.25) is 5.78 Å². The van der Waals surface area contributed by atoms with Gasteiger partial charge in [-0.2, -0.15) is 8.42 Å². The second kappa shape index (κ2) is 17.2. The lowest BCUT2D eigenvalue weighted by molar-refractivity contribution is -0.525. The van der Waals surface area contributed by atoms with Crippen molar-refractivity contribution in [2.75, 3.05) is 38.5 Å². The summed E-state index contributed by atoms with van der Waals surface area (Å²) >= 11 is 0. The summed E-state index contributed by atoms with van der Waals surface area (Å²) in [5.41, 5.74) is 0. The average molecular weight is 490 g/mol. The summed E-state index contributed by atoms with van der Waals surface area (Å²) in [7, 11) is -4.29. The van der Waals surface area contributed by atoms with E-state index in [1.165, 1.54) is 38.5 Å². The number of amidine groups is 1. The number of allylic oxidation sites excluding steroid dienone is 2. The number of aliphatic hydroxyl groups is 2. The molecule has 0 aromatic carbocycles. The predicted octanol–water partition coefficient (Wildman–Crippen LogP) is 2.78. The van der Waals surface area contributed by atoms with Crippen molar-refractivity contribution in [2.24, 2.45) is 0 Å². The number of carbonyl (C=O) groups excluding carboxylic acids is 1. The molecule has 1 atom stereocenters. The number of hydrogen-bond acceptors (Lipinski definition) is 6. The van der Waals surface area contributed by atoms with Crippen LogP contribution < -0.4 is 0 Å². The number of aliphatic hydroxyl groups excluding tert-OH is 2. The Morgan fingerprint density at radius 3 is 2.27 bits per heavy atom. The first kappa shape index (κ1) is 29.7. The molecular weight excluding hydrogens is 444 g/mol. The van der Waals surface area contributed by atoms with Crippen molar-refractivity contribution in [1.82, 2.24) is 4.90 Å². The number of β-amino-alcohol motifs (C(OH)–C–C–N with tert-alkyl or cyclic N) is 2. The molecule has 1 heterocycles. The third kappa shape index (κ3) is 13.9. The van der Waals surface area contributed by atoms with E-state index in [2.05, 4.69) is 19.1 Å². The fourth-order valence-corrected chi connectivity index (χ4v) is 4.78. The molecule has 0 spiro atoms. The van der Waals surface area contributed by atoms with Gasteiger partial charge in [-0.15, -0.1) is 0 Å². The number of ketones is 1. The van der Waals surface area contributed by atoms with Gasteiger partial charge in [0.1, 0.15) is 38.0 Å². The molecule has 1 aliphatic heterocycles. The maximum Gasteiger partial charge on any atom is 0.316 e. The molecule has 0 fully saturated rings. The molecule has 1 aliphatic rings. The van der Waals surface area contributed by atoms with Gasteiger partial charge >= 0.3 is 5.84 Å². The molecule has 0 aromatic rings. The topological polar surface area (TPSA) is 118 Å². The maximum atomic E-state index is 12.8. The molecular formula is C24H45N2O6S+. The Morgan fingerprint density at radius 2 is 1.67 bits per heavy atom. The van der Waals surface area contributed by atoms with Crippen molar-refractivity contribution in [3.63, 3.8) is 0 Å². The summed E-state index contributed by atoms with van der Waals surface area (Å²) in [4.78, 5) is 14.6. The minimum Gasteiger partial charge on any atom is -0.392 e. The third-order valence-electron chi connectivity index (χ3n) is 5.86. The fourth-order valence-electron chi connectivity index (χ4n) is 4.19. The van der Waals surface area contributed by atoms with Crippen molar-refractivity contribution in [3.05, 3.63) is 12.2 Å². The summed E-state index contributed by atoms with van der Waals surface area (Å²) in [6.07, 6.45) is 16.3. The Hall–Kier alpha value is -1.29. The smallest absolute Gasteiger partial charge is 0.316 e. The lowest BCUT2D eigenvalue weighted by Crippen LogP contribution is -2.40. The van der Waals surface area contributed by atoms with Gasteiger partial charge in [0.15, 0.2) is 0 Å². The van der Waals surface area contributed by atoms with Crippen molar-refractivity contribution in [3.8, 4) is 0 Å². The van der Waals surface area contributed by atoms with E-state index < -0.39 is 22.0 Å². The van der Waals surface area contributed by atoms with Gasteiger partial charge in [0, 0.05) is 6.42 Å². The molecule has 0 aromatic heterocycles. The highest BCUT2D eigenvalue weighted by molar-refractivity contribution is 7.85. The molecule has 1 unspecified atom stereocenters. The van der Waals surface area contributed by atoms with Gasteiger partial charge in [-0.25, -0.2) is 0 Å². The zero-order valence-electron chi connectivity index (χ0n) is 20.3. The van der Waals surface area contributed by atoms with E-state index in [1.807, 2.05) is 0 Å². The quantitative estimate of drug-likeness (QED) is 0.104. The molecule has 33 heavy (non-hydrogen) atoms. The number of nitrogens with zero attached hydrogens (tertiary/aromatic N) is 2. The van der Waals surface area contributed by atoms with Crippen molar-refractivity contribution in [2.45, 2.75) is 90.1 Å². The highest BCUT2D eigenvalue weighted by atomic mass is 32.2. The molecule has 0 saturated carbocycles. The van der Waals surface area contributed by atoms with Crippen LogP contribution in [0, 0.1) is 0 Å². The lowest BCUT2D eigenvalue weighted by atomic mass is 10.1. The van der Waals surface area contributed by atoms with Crippen LogP contribution >= 0.6 is 0 Å². The molecule has 0 bridgehead atoms. The summed E-state index contributed by atoms with van der Waals surface area (Å²) in [6, 6.07) is 0. The van der Waals surface area contributed by atoms with Gasteiger partial charge in [-0.05, 0) is 32.1 Å². The van der Waals surface area contributed by atoms with E-state index in [9.17, 15) is 23.4 Å². The number of hydrogen-bond donors (Lipinski definition) is 3. The molecule has 1 rings (SSSR count). The average Bonchev–Trinajstić information content (AvgIpc) is 3.12. The van der Waals surface area contributed by atoms with Gasteiger partial charge < -0.3 is 10.2 Å². The first-order valence-corrected chi connectivity index (χ1v) is 14.2. The minimum absolute atomic E-state index is 0.0467. The zero-order valence-corrected chi connectivity index (χ0v) is 21.1. The highest BCUT2D eigenvalue weighted by Gasteiger charge is 2.36. The third-order valence-corrected chi connectivity index (χ3v) is 6.66. The van der Waals surface area contributed by atoms with E-state index in [4.69, 9.17) is 4.55 Å². The van der Waals surface area contributed by atoms with Crippen LogP contribution in [0.3, 0.4) is 0 Å². The first-order valence-electron chi connectivity index (χ1n) is 12.6. The van der Waals surface area contributed by atoms with Gasteiger partial charge in [-0.1, -0.05) is 57.6 Å². The normalized spacial score (nSPS) is 15.7. The number of rotatable bonds is 20. The van der Waals surface area contributed by atoms with E-state index in [1.54, 1.807) is 9.48 Å². The maximum absolute atomic E-state index is 12.8. The summed E-state index contributed by atoms with van der Waals surface area (Å²) < 4.78 is 32.6. The predicted molar refractivity (Wildman–Crippen MR) is 131 cm³/mol. The second-order valence-electron chi connectivity index (χ2n) is 8.93. The van der Waals surface area contributed by atoms with Crippen LogP contribution in [-0.2, 0) is 14.9 Å². The van der Waals surface area contributed by atoms with Crippen LogP contribution in [0.5, 0.6) is 0 Å². The van der Waals surface area contributed by atoms with E-state index in [-0.39, 0.29) is 18.9 Å². The Balaban J connectivity index is 2.35. The fraction of sp³-hybridized carbons (Fsp3) is 0.833. The molecule has 0 saturated heterocycles. The lowest BCUT2D eigenvalue weighted by Gasteiger charge is -2.13. The highest BCUT2D eigenvalue weighted by Crippen LogP contribution is 2.12. The van der Waals surface area contributed by atoms with Crippen molar-refractivity contribution < 1.29 is 32.6 Å². The van der Waals surface area contributed by atoms with Crippen LogP contribution in [0.15, 0.2) is 12.2 Å². The Kier molecular flexibility index (Phi) is 15.5. The standard InChI is InChI=1S/C24H44N2O6S/c1-2-3-4-5-6-7-8-9-10-11-12-13-14-15-23(29)24-25(18-19-27)16-17-26(24)20-22(28)21-33(30,31)32/h7-8,22,27-28H,2-6,9-21H2,1H3/p+1/b8-7+. The molecule has 9 heteroatoms. The van der Waals surface area contributed by atoms with Gasteiger partial charge in [-0.3, -0.25) is 18.8 Å². The zero-order chi connectivity index (χ0) is 24.5. The first-order chi connectivity index (χ1) is 15.8. The van der Waals surface area contributed by atoms with Crippen molar-refractivity contribution >= 4 is 21.7 Å². The Labute approximate surface area is 200 Å². The van der Waals surface area contributed by atoms with E-state index in [0.29, 0.717) is 31.9 Å². The number of carbonyl (C=O) groups is 1. The second-order valence-corrected chi connectivity index (χ2v) is 10.4. The van der Waals surface area contributed by atoms with Crippen LogP contribution in [-0.4, -0.2) is 88.9 Å². The monoisotopic (exact) mass is 489 g/mol. The Morgan fingerprint density at radius 1 is 1.06 bits per heavy atom. The SMILES string of the molecule is CCCCCC/C=C/CCCCCCCC(=O)C1=[N+](CC(O)CS(=O)(=O)O)CCN1CCO. The molecule has 0 amide bonds. The molecule has 192 valence electrons. The van der Waals surface area contributed by atoms with Gasteiger partial charge in [0.05, 0.1) is 6.61 Å². The number of unbranched alkanes of at least 4 members (excludes halogenated alkanes) is 9. The molecule has 3 N–H and O–H groups in total. The summed E-state index contributed by atoms with van der Waals surface area (Å²) in [5, 5.41) is 19.3. The largest absolute Gasteiger partial charge is 0.392 e. The van der Waals surface area contributed by atoms with E-state index in [0.717, 1.165) is 32.1 Å². The molecule has 8 nitrogen and oxygen atoms in total. The van der Waals surface area contributed by atoms with E-state index >= 15 is 0 Å². The minimum atomic E-state index is -4.29. The summed E-state index contributed by atoms with van der Waals surface area (Å²) in [6.45, 7) is 3.41. The molecule has 0 radical (unpaired) electrons. The molecule has 0 aliphatic carbocycles. The Bertz CT molecular complexity index is 720. The number of Topliss-reactive ketones (excluding diaryl/α,β-unsaturated/α-hetero) is 1. The van der Waals surface area contributed by atoms with Crippen LogP contribution in [0.2, 0.25) is 0 Å². The van der Waals surface area contributed by atoms with Gasteiger partial charge in [0.25, 0.3) is 10.1 Å². The van der Waals surface area contributed by atoms with Crippen LogP contribution in [0.1, 0.15) is 84.0 Å². The van der Waals surface area contributed by atoms with Crippen LogP contribution in [0.4, 0.5) is 0 Å².